The summed E-state index contributed by atoms with van der Waals surface area (Å²) in [5, 5.41) is 9.89. The minimum atomic E-state index is 0.178. The molecule has 31 heavy (non-hydrogen) atoms. The summed E-state index contributed by atoms with van der Waals surface area (Å²) < 4.78 is 5.78. The SMILES string of the molecule is CCCCCCOc1ccc(C#Cc2ccc(C=Nc3cc(C)ccc3O)cc2)cc1. The highest BCUT2D eigenvalue weighted by atomic mass is 16.5. The number of aromatic hydroxyl groups is 1. The average molecular weight is 412 g/mol. The fourth-order valence-electron chi connectivity index (χ4n) is 3.03. The lowest BCUT2D eigenvalue weighted by atomic mass is 10.1. The third kappa shape index (κ3) is 7.35. The number of ether oxygens (including phenoxy) is 1. The van der Waals surface area contributed by atoms with Crippen molar-refractivity contribution in [2.24, 2.45) is 4.99 Å². The van der Waals surface area contributed by atoms with Crippen molar-refractivity contribution in [2.75, 3.05) is 6.61 Å². The van der Waals surface area contributed by atoms with E-state index in [2.05, 4.69) is 23.8 Å². The monoisotopic (exact) mass is 411 g/mol. The molecule has 3 aromatic carbocycles. The largest absolute Gasteiger partial charge is 0.506 e. The molecule has 0 bridgehead atoms. The van der Waals surface area contributed by atoms with Crippen LogP contribution in [0.15, 0.2) is 71.7 Å². The number of hydrogen-bond donors (Lipinski definition) is 1. The molecule has 0 aromatic heterocycles. The van der Waals surface area contributed by atoms with Crippen LogP contribution in [0.25, 0.3) is 0 Å². The predicted molar refractivity (Wildman–Crippen MR) is 129 cm³/mol. The van der Waals surface area contributed by atoms with Crippen LogP contribution in [0, 0.1) is 18.8 Å². The maximum Gasteiger partial charge on any atom is 0.141 e. The lowest BCUT2D eigenvalue weighted by Crippen LogP contribution is -1.96. The molecule has 0 aliphatic rings. The molecular weight excluding hydrogens is 382 g/mol. The van der Waals surface area contributed by atoms with Gasteiger partial charge in [-0.3, -0.25) is 4.99 Å². The number of unbranched alkanes of at least 4 members (excludes halogenated alkanes) is 3. The van der Waals surface area contributed by atoms with Crippen molar-refractivity contribution in [3.05, 3.63) is 89.0 Å². The van der Waals surface area contributed by atoms with Gasteiger partial charge in [-0.2, -0.15) is 0 Å². The second kappa shape index (κ2) is 11.6. The Morgan fingerprint density at radius 3 is 2.23 bits per heavy atom. The van der Waals surface area contributed by atoms with Crippen LogP contribution in [-0.2, 0) is 0 Å². The van der Waals surface area contributed by atoms with Crippen LogP contribution in [0.1, 0.15) is 54.9 Å². The van der Waals surface area contributed by atoms with Gasteiger partial charge in [0.05, 0.1) is 6.61 Å². The summed E-state index contributed by atoms with van der Waals surface area (Å²) in [6, 6.07) is 21.2. The Labute approximate surface area is 185 Å². The minimum absolute atomic E-state index is 0.178. The first kappa shape index (κ1) is 22.2. The zero-order valence-electron chi connectivity index (χ0n) is 18.3. The Balaban J connectivity index is 1.55. The van der Waals surface area contributed by atoms with Crippen LogP contribution in [0.5, 0.6) is 11.5 Å². The number of rotatable bonds is 8. The highest BCUT2D eigenvalue weighted by Gasteiger charge is 1.99. The Kier molecular flexibility index (Phi) is 8.31. The summed E-state index contributed by atoms with van der Waals surface area (Å²) in [5.41, 5.74) is 4.47. The normalized spacial score (nSPS) is 10.6. The lowest BCUT2D eigenvalue weighted by molar-refractivity contribution is 0.305. The summed E-state index contributed by atoms with van der Waals surface area (Å²) >= 11 is 0. The van der Waals surface area contributed by atoms with E-state index in [-0.39, 0.29) is 5.75 Å². The Bertz CT molecular complexity index is 1050. The standard InChI is InChI=1S/C28H29NO2/c1-3-4-5-6-19-31-26-16-14-24(15-17-26)9-8-23-10-12-25(13-11-23)21-29-27-20-22(2)7-18-28(27)30/h7,10-18,20-21,30H,3-6,19H2,1-2H3. The highest BCUT2D eigenvalue weighted by molar-refractivity contribution is 5.83. The lowest BCUT2D eigenvalue weighted by Gasteiger charge is -2.05. The van der Waals surface area contributed by atoms with E-state index in [9.17, 15) is 5.11 Å². The summed E-state index contributed by atoms with van der Waals surface area (Å²) in [6.07, 6.45) is 6.57. The van der Waals surface area contributed by atoms with E-state index in [0.29, 0.717) is 5.69 Å². The molecule has 1 N–H and O–H groups in total. The zero-order valence-corrected chi connectivity index (χ0v) is 18.3. The first-order valence-electron chi connectivity index (χ1n) is 10.8. The minimum Gasteiger partial charge on any atom is -0.506 e. The van der Waals surface area contributed by atoms with Gasteiger partial charge in [0, 0.05) is 17.3 Å². The molecule has 3 aromatic rings. The van der Waals surface area contributed by atoms with Gasteiger partial charge >= 0.3 is 0 Å². The van der Waals surface area contributed by atoms with Crippen LogP contribution in [0.3, 0.4) is 0 Å². The molecule has 0 saturated carbocycles. The molecule has 0 unspecified atom stereocenters. The summed E-state index contributed by atoms with van der Waals surface area (Å²) in [7, 11) is 0. The highest BCUT2D eigenvalue weighted by Crippen LogP contribution is 2.26. The van der Waals surface area contributed by atoms with Crippen LogP contribution in [0.4, 0.5) is 5.69 Å². The number of aliphatic imine (C=N–C) groups is 1. The molecule has 0 aliphatic heterocycles. The van der Waals surface area contributed by atoms with E-state index in [4.69, 9.17) is 4.74 Å². The number of phenolic OH excluding ortho intramolecular Hbond substituents is 1. The summed E-state index contributed by atoms with van der Waals surface area (Å²) in [6.45, 7) is 4.95. The first-order valence-corrected chi connectivity index (χ1v) is 10.8. The van der Waals surface area contributed by atoms with E-state index >= 15 is 0 Å². The molecule has 0 saturated heterocycles. The van der Waals surface area contributed by atoms with Gasteiger partial charge in [-0.1, -0.05) is 56.2 Å². The molecular formula is C28H29NO2. The molecule has 3 nitrogen and oxygen atoms in total. The average Bonchev–Trinajstić information content (AvgIpc) is 2.79. The zero-order chi connectivity index (χ0) is 21.9. The smallest absolute Gasteiger partial charge is 0.141 e. The van der Waals surface area contributed by atoms with Crippen molar-refractivity contribution in [1.29, 1.82) is 0 Å². The number of aryl methyl sites for hydroxylation is 1. The van der Waals surface area contributed by atoms with Gasteiger partial charge in [-0.15, -0.1) is 0 Å². The Morgan fingerprint density at radius 2 is 1.55 bits per heavy atom. The van der Waals surface area contributed by atoms with Crippen LogP contribution in [0.2, 0.25) is 0 Å². The van der Waals surface area contributed by atoms with Gasteiger partial charge < -0.3 is 9.84 Å². The second-order valence-corrected chi connectivity index (χ2v) is 7.56. The maximum absolute atomic E-state index is 9.89. The summed E-state index contributed by atoms with van der Waals surface area (Å²) in [4.78, 5) is 4.38. The van der Waals surface area contributed by atoms with Gasteiger partial charge in [0.2, 0.25) is 0 Å². The van der Waals surface area contributed by atoms with Crippen molar-refractivity contribution in [1.82, 2.24) is 0 Å². The molecule has 0 atom stereocenters. The van der Waals surface area contributed by atoms with Crippen LogP contribution >= 0.6 is 0 Å². The number of hydrogen-bond acceptors (Lipinski definition) is 3. The molecule has 0 heterocycles. The quantitative estimate of drug-likeness (QED) is 0.251. The van der Waals surface area contributed by atoms with E-state index in [1.165, 1.54) is 19.3 Å². The first-order chi connectivity index (χ1) is 15.1. The van der Waals surface area contributed by atoms with Gasteiger partial charge in [0.25, 0.3) is 0 Å². The van der Waals surface area contributed by atoms with Crippen LogP contribution in [-0.4, -0.2) is 17.9 Å². The molecule has 0 aliphatic carbocycles. The molecule has 0 spiro atoms. The van der Waals surface area contributed by atoms with Crippen molar-refractivity contribution >= 4 is 11.9 Å². The van der Waals surface area contributed by atoms with Gasteiger partial charge in [0.1, 0.15) is 17.2 Å². The van der Waals surface area contributed by atoms with Crippen molar-refractivity contribution in [2.45, 2.75) is 39.5 Å². The fraction of sp³-hybridized carbons (Fsp3) is 0.250. The van der Waals surface area contributed by atoms with E-state index < -0.39 is 0 Å². The molecule has 0 amide bonds. The maximum atomic E-state index is 9.89. The number of phenols is 1. The second-order valence-electron chi connectivity index (χ2n) is 7.56. The van der Waals surface area contributed by atoms with Crippen molar-refractivity contribution in [3.63, 3.8) is 0 Å². The molecule has 3 heteroatoms. The number of benzene rings is 3. The molecule has 158 valence electrons. The number of nitrogens with zero attached hydrogens (tertiary/aromatic N) is 1. The molecule has 0 radical (unpaired) electrons. The third-order valence-electron chi connectivity index (χ3n) is 4.87. The molecule has 3 rings (SSSR count). The summed E-state index contributed by atoms with van der Waals surface area (Å²) in [5.74, 6) is 7.45. The van der Waals surface area contributed by atoms with Crippen molar-refractivity contribution < 1.29 is 9.84 Å². The van der Waals surface area contributed by atoms with Gasteiger partial charge in [0.15, 0.2) is 0 Å². The third-order valence-corrected chi connectivity index (χ3v) is 4.87. The van der Waals surface area contributed by atoms with Crippen LogP contribution < -0.4 is 4.74 Å². The van der Waals surface area contributed by atoms with Crippen molar-refractivity contribution in [3.8, 4) is 23.3 Å². The predicted octanol–water partition coefficient (Wildman–Crippen LogP) is 6.81. The van der Waals surface area contributed by atoms with Gasteiger partial charge in [-0.05, 0) is 73.0 Å². The topological polar surface area (TPSA) is 41.8 Å². The van der Waals surface area contributed by atoms with Gasteiger partial charge in [-0.25, -0.2) is 0 Å². The molecule has 0 fully saturated rings. The van der Waals surface area contributed by atoms with E-state index in [1.807, 2.05) is 67.6 Å². The fourth-order valence-corrected chi connectivity index (χ4v) is 3.03. The van der Waals surface area contributed by atoms with E-state index in [0.717, 1.165) is 41.0 Å². The Morgan fingerprint density at radius 1 is 0.871 bits per heavy atom. The Hall–Kier alpha value is -3.51. The van der Waals surface area contributed by atoms with E-state index in [1.54, 1.807) is 12.3 Å².